The summed E-state index contributed by atoms with van der Waals surface area (Å²) in [7, 11) is 0. The Bertz CT molecular complexity index is 246. The lowest BCUT2D eigenvalue weighted by Crippen LogP contribution is -2.28. The van der Waals surface area contributed by atoms with E-state index < -0.39 is 0 Å². The monoisotopic (exact) mass is 179 g/mol. The van der Waals surface area contributed by atoms with Crippen molar-refractivity contribution in [2.75, 3.05) is 13.2 Å². The minimum atomic E-state index is 0.469. The number of nitrogens with zero attached hydrogens (tertiary/aromatic N) is 2. The fourth-order valence-corrected chi connectivity index (χ4v) is 1.43. The fraction of sp³-hybridized carbons (Fsp3) is 0.556. The summed E-state index contributed by atoms with van der Waals surface area (Å²) in [6, 6.07) is 2.72. The van der Waals surface area contributed by atoms with E-state index in [2.05, 4.69) is 15.3 Å². The van der Waals surface area contributed by atoms with Crippen molar-refractivity contribution >= 4 is 0 Å². The normalized spacial score (nSPS) is 21.7. The van der Waals surface area contributed by atoms with Crippen LogP contribution < -0.4 is 10.1 Å². The molecule has 1 aromatic heterocycles. The van der Waals surface area contributed by atoms with Gasteiger partial charge in [-0.15, -0.1) is 0 Å². The molecule has 0 unspecified atom stereocenters. The molecule has 1 aliphatic rings. The molecule has 2 heterocycles. The second-order valence-corrected chi connectivity index (χ2v) is 3.14. The molecule has 0 bridgehead atoms. The molecular weight excluding hydrogens is 166 g/mol. The van der Waals surface area contributed by atoms with Gasteiger partial charge in [0, 0.05) is 18.4 Å². The lowest BCUT2D eigenvalue weighted by molar-refractivity contribution is 0.257. The molecule has 1 aliphatic heterocycles. The van der Waals surface area contributed by atoms with Gasteiger partial charge in [0.25, 0.3) is 0 Å². The topological polar surface area (TPSA) is 47.0 Å². The van der Waals surface area contributed by atoms with Gasteiger partial charge in [-0.2, -0.15) is 0 Å². The minimum absolute atomic E-state index is 0.469. The highest BCUT2D eigenvalue weighted by molar-refractivity contribution is 4.93. The number of hydrogen-bond donors (Lipinski definition) is 1. The van der Waals surface area contributed by atoms with Crippen molar-refractivity contribution in [1.29, 1.82) is 0 Å². The first-order valence-corrected chi connectivity index (χ1v) is 4.58. The van der Waals surface area contributed by atoms with E-state index in [1.165, 1.54) is 12.8 Å². The van der Waals surface area contributed by atoms with Crippen molar-refractivity contribution in [3.8, 4) is 6.01 Å². The quantitative estimate of drug-likeness (QED) is 0.738. The van der Waals surface area contributed by atoms with Crippen LogP contribution in [0.25, 0.3) is 0 Å². The van der Waals surface area contributed by atoms with E-state index in [9.17, 15) is 0 Å². The fourth-order valence-electron chi connectivity index (χ4n) is 1.43. The van der Waals surface area contributed by atoms with Crippen molar-refractivity contribution in [3.05, 3.63) is 18.5 Å². The zero-order valence-corrected chi connectivity index (χ0v) is 7.44. The van der Waals surface area contributed by atoms with Gasteiger partial charge in [-0.25, -0.2) is 9.97 Å². The third-order valence-corrected chi connectivity index (χ3v) is 2.12. The van der Waals surface area contributed by atoms with Crippen molar-refractivity contribution in [2.24, 2.45) is 0 Å². The van der Waals surface area contributed by atoms with Crippen molar-refractivity contribution in [3.63, 3.8) is 0 Å². The van der Waals surface area contributed by atoms with Gasteiger partial charge in [0.2, 0.25) is 0 Å². The molecule has 4 heteroatoms. The molecule has 2 rings (SSSR count). The van der Waals surface area contributed by atoms with Crippen LogP contribution in [-0.4, -0.2) is 29.2 Å². The SMILES string of the molecule is c1cnc(OC[C@H]2CCCN2)nc1. The molecule has 1 atom stereocenters. The molecule has 13 heavy (non-hydrogen) atoms. The predicted octanol–water partition coefficient (Wildman–Crippen LogP) is 0.607. The lowest BCUT2D eigenvalue weighted by atomic mass is 10.2. The van der Waals surface area contributed by atoms with E-state index in [4.69, 9.17) is 4.74 Å². The predicted molar refractivity (Wildman–Crippen MR) is 48.6 cm³/mol. The Hall–Kier alpha value is -1.16. The molecule has 0 aliphatic carbocycles. The van der Waals surface area contributed by atoms with E-state index in [0.29, 0.717) is 18.7 Å². The molecule has 1 saturated heterocycles. The van der Waals surface area contributed by atoms with Gasteiger partial charge in [0.05, 0.1) is 0 Å². The summed E-state index contributed by atoms with van der Waals surface area (Å²) in [5, 5.41) is 3.35. The number of rotatable bonds is 3. The van der Waals surface area contributed by atoms with Crippen molar-refractivity contribution < 1.29 is 4.74 Å². The number of aromatic nitrogens is 2. The number of nitrogens with one attached hydrogen (secondary N) is 1. The maximum Gasteiger partial charge on any atom is 0.316 e. The van der Waals surface area contributed by atoms with Crippen LogP contribution in [0.3, 0.4) is 0 Å². The summed E-state index contributed by atoms with van der Waals surface area (Å²) in [6.07, 6.45) is 5.80. The average Bonchev–Trinajstić information content (AvgIpc) is 2.69. The van der Waals surface area contributed by atoms with E-state index in [-0.39, 0.29) is 0 Å². The molecule has 4 nitrogen and oxygen atoms in total. The molecule has 0 radical (unpaired) electrons. The van der Waals surface area contributed by atoms with Crippen LogP contribution in [0, 0.1) is 0 Å². The van der Waals surface area contributed by atoms with Crippen LogP contribution in [-0.2, 0) is 0 Å². The standard InChI is InChI=1S/C9H13N3O/c1-3-8(10-4-1)7-13-9-11-5-2-6-12-9/h2,5-6,8,10H,1,3-4,7H2/t8-/m1/s1. The molecule has 0 amide bonds. The maximum atomic E-state index is 5.41. The molecule has 1 N–H and O–H groups in total. The van der Waals surface area contributed by atoms with Gasteiger partial charge in [-0.3, -0.25) is 0 Å². The maximum absolute atomic E-state index is 5.41. The molecule has 1 fully saturated rings. The summed E-state index contributed by atoms with van der Waals surface area (Å²) in [5.41, 5.74) is 0. The van der Waals surface area contributed by atoms with Crippen LogP contribution in [0.2, 0.25) is 0 Å². The van der Waals surface area contributed by atoms with E-state index in [1.807, 2.05) is 0 Å². The number of hydrogen-bond acceptors (Lipinski definition) is 4. The summed E-state index contributed by atoms with van der Waals surface area (Å²) >= 11 is 0. The summed E-state index contributed by atoms with van der Waals surface area (Å²) < 4.78 is 5.41. The largest absolute Gasteiger partial charge is 0.462 e. The Kier molecular flexibility index (Phi) is 2.72. The van der Waals surface area contributed by atoms with Gasteiger partial charge in [-0.05, 0) is 25.5 Å². The van der Waals surface area contributed by atoms with E-state index in [0.717, 1.165) is 6.54 Å². The van der Waals surface area contributed by atoms with Crippen molar-refractivity contribution in [2.45, 2.75) is 18.9 Å². The molecule has 70 valence electrons. The summed E-state index contributed by atoms with van der Waals surface area (Å²) in [4.78, 5) is 7.96. The molecule has 0 saturated carbocycles. The Labute approximate surface area is 77.4 Å². The first-order chi connectivity index (χ1) is 6.45. The zero-order valence-electron chi connectivity index (χ0n) is 7.44. The van der Waals surface area contributed by atoms with Crippen LogP contribution in [0.1, 0.15) is 12.8 Å². The highest BCUT2D eigenvalue weighted by atomic mass is 16.5. The summed E-state index contributed by atoms with van der Waals surface area (Å²) in [5.74, 6) is 0. The highest BCUT2D eigenvalue weighted by Crippen LogP contribution is 2.06. The van der Waals surface area contributed by atoms with E-state index in [1.54, 1.807) is 18.5 Å². The van der Waals surface area contributed by atoms with Crippen LogP contribution >= 0.6 is 0 Å². The molecule has 0 aromatic carbocycles. The van der Waals surface area contributed by atoms with Crippen molar-refractivity contribution in [1.82, 2.24) is 15.3 Å². The minimum Gasteiger partial charge on any atom is -0.462 e. The molecule has 1 aromatic rings. The second kappa shape index (κ2) is 4.18. The van der Waals surface area contributed by atoms with Gasteiger partial charge in [-0.1, -0.05) is 0 Å². The Balaban J connectivity index is 1.79. The van der Waals surface area contributed by atoms with Gasteiger partial charge in [0.15, 0.2) is 0 Å². The van der Waals surface area contributed by atoms with Gasteiger partial charge in [0.1, 0.15) is 6.61 Å². The third kappa shape index (κ3) is 2.39. The van der Waals surface area contributed by atoms with Crippen LogP contribution in [0.15, 0.2) is 18.5 Å². The highest BCUT2D eigenvalue weighted by Gasteiger charge is 2.14. The zero-order chi connectivity index (χ0) is 8.93. The first-order valence-electron chi connectivity index (χ1n) is 4.58. The summed E-state index contributed by atoms with van der Waals surface area (Å²) in [6.45, 7) is 1.77. The first kappa shape index (κ1) is 8.44. The van der Waals surface area contributed by atoms with Gasteiger partial charge < -0.3 is 10.1 Å². The Morgan fingerprint density at radius 3 is 3.00 bits per heavy atom. The smallest absolute Gasteiger partial charge is 0.316 e. The number of ether oxygens (including phenoxy) is 1. The van der Waals surface area contributed by atoms with Gasteiger partial charge >= 0.3 is 6.01 Å². The average molecular weight is 179 g/mol. The Morgan fingerprint density at radius 2 is 2.31 bits per heavy atom. The molecular formula is C9H13N3O. The lowest BCUT2D eigenvalue weighted by Gasteiger charge is -2.09. The second-order valence-electron chi connectivity index (χ2n) is 3.14. The van der Waals surface area contributed by atoms with Crippen LogP contribution in [0.5, 0.6) is 6.01 Å². The molecule has 0 spiro atoms. The van der Waals surface area contributed by atoms with E-state index >= 15 is 0 Å². The third-order valence-electron chi connectivity index (χ3n) is 2.12. The van der Waals surface area contributed by atoms with Crippen LogP contribution in [0.4, 0.5) is 0 Å². The Morgan fingerprint density at radius 1 is 1.46 bits per heavy atom.